The maximum atomic E-state index is 13.6. The van der Waals surface area contributed by atoms with Gasteiger partial charge in [0.2, 0.25) is 0 Å². The quantitative estimate of drug-likeness (QED) is 0.117. The minimum Gasteiger partial charge on any atom is -0.489 e. The van der Waals surface area contributed by atoms with E-state index in [4.69, 9.17) is 33.7 Å². The summed E-state index contributed by atoms with van der Waals surface area (Å²) in [5.41, 5.74) is 4.32. The summed E-state index contributed by atoms with van der Waals surface area (Å²) < 4.78 is 8.57. The third-order valence-electron chi connectivity index (χ3n) is 7.37. The van der Waals surface area contributed by atoms with E-state index in [1.807, 2.05) is 95.8 Å². The van der Waals surface area contributed by atoms with Crippen LogP contribution >= 0.6 is 35.6 Å². The first-order chi connectivity index (χ1) is 20.5. The number of hydrogen-bond acceptors (Lipinski definition) is 5. The van der Waals surface area contributed by atoms with Gasteiger partial charge in [0, 0.05) is 34.5 Å². The van der Waals surface area contributed by atoms with E-state index < -0.39 is 0 Å². The van der Waals surface area contributed by atoms with Gasteiger partial charge in [0.1, 0.15) is 22.4 Å². The third-order valence-corrected chi connectivity index (χ3v) is 9.11. The zero-order valence-corrected chi connectivity index (χ0v) is 26.2. The predicted molar refractivity (Wildman–Crippen MR) is 178 cm³/mol. The lowest BCUT2D eigenvalue weighted by atomic mass is 9.99. The Balaban J connectivity index is 1.45. The molecule has 0 bridgehead atoms. The Bertz CT molecular complexity index is 1580. The number of thioether (sulfide) groups is 1. The van der Waals surface area contributed by atoms with Crippen molar-refractivity contribution in [2.75, 3.05) is 6.54 Å². The first-order valence-electron chi connectivity index (χ1n) is 14.3. The summed E-state index contributed by atoms with van der Waals surface area (Å²) in [6, 6.07) is 25.4. The Hall–Kier alpha value is -3.39. The van der Waals surface area contributed by atoms with Gasteiger partial charge in [0.05, 0.1) is 10.6 Å². The predicted octanol–water partition coefficient (Wildman–Crippen LogP) is 9.19. The standard InChI is InChI=1S/C34H34ClN3O2S2/c1-3-5-12-24(4-2)21-37-33(39)31(42-34(37)41)20-27-22-38(28-15-7-6-8-16-28)36-32(27)25-14-11-17-29(19-25)40-23-26-13-9-10-18-30(26)35/h6-11,13-20,22,24H,3-5,12,21,23H2,1-2H3. The number of amides is 1. The Labute approximate surface area is 262 Å². The summed E-state index contributed by atoms with van der Waals surface area (Å²) in [5.74, 6) is 1.11. The Morgan fingerprint density at radius 2 is 1.83 bits per heavy atom. The van der Waals surface area contributed by atoms with Crippen molar-refractivity contribution in [3.63, 3.8) is 0 Å². The summed E-state index contributed by atoms with van der Waals surface area (Å²) in [4.78, 5) is 16.0. The molecule has 0 N–H and O–H groups in total. The number of hydrogen-bond donors (Lipinski definition) is 0. The SMILES string of the molecule is CCCCC(CC)CN1C(=O)C(=Cc2cn(-c3ccccc3)nc2-c2cccc(OCc3ccccc3Cl)c2)SC1=S. The van der Waals surface area contributed by atoms with Crippen LogP contribution in [0.15, 0.2) is 90.0 Å². The zero-order valence-electron chi connectivity index (χ0n) is 23.8. The fraction of sp³-hybridized carbons (Fsp3) is 0.265. The molecule has 1 aliphatic heterocycles. The van der Waals surface area contributed by atoms with E-state index in [0.29, 0.717) is 39.1 Å². The number of nitrogens with zero attached hydrogens (tertiary/aromatic N) is 3. The van der Waals surface area contributed by atoms with Gasteiger partial charge in [-0.1, -0.05) is 117 Å². The van der Waals surface area contributed by atoms with Crippen LogP contribution in [0.2, 0.25) is 5.02 Å². The highest BCUT2D eigenvalue weighted by Gasteiger charge is 2.33. The molecule has 0 spiro atoms. The molecule has 1 unspecified atom stereocenters. The summed E-state index contributed by atoms with van der Waals surface area (Å²) in [5, 5.41) is 5.62. The molecule has 1 atom stereocenters. The highest BCUT2D eigenvalue weighted by Crippen LogP contribution is 2.36. The van der Waals surface area contributed by atoms with E-state index in [0.717, 1.165) is 53.8 Å². The number of aromatic nitrogens is 2. The van der Waals surface area contributed by atoms with Crippen LogP contribution in [0.5, 0.6) is 5.75 Å². The molecule has 2 heterocycles. The van der Waals surface area contributed by atoms with Gasteiger partial charge in [-0.05, 0) is 48.7 Å². The van der Waals surface area contributed by atoms with Crippen LogP contribution in [-0.2, 0) is 11.4 Å². The average Bonchev–Trinajstić information content (AvgIpc) is 3.55. The second kappa shape index (κ2) is 14.2. The van der Waals surface area contributed by atoms with E-state index >= 15 is 0 Å². The summed E-state index contributed by atoms with van der Waals surface area (Å²) in [6.45, 7) is 5.40. The second-order valence-corrected chi connectivity index (χ2v) is 12.4. The van der Waals surface area contributed by atoms with E-state index in [9.17, 15) is 4.79 Å². The fourth-order valence-electron chi connectivity index (χ4n) is 4.91. The van der Waals surface area contributed by atoms with E-state index in [1.54, 1.807) is 4.90 Å². The maximum absolute atomic E-state index is 13.6. The van der Waals surface area contributed by atoms with Gasteiger partial charge in [0.25, 0.3) is 5.91 Å². The van der Waals surface area contributed by atoms with Crippen LogP contribution in [-0.4, -0.2) is 31.5 Å². The van der Waals surface area contributed by atoms with Crippen molar-refractivity contribution in [1.29, 1.82) is 0 Å². The molecule has 1 amide bonds. The minimum atomic E-state index is -0.0322. The highest BCUT2D eigenvalue weighted by atomic mass is 35.5. The van der Waals surface area contributed by atoms with Crippen molar-refractivity contribution in [3.8, 4) is 22.7 Å². The molecule has 1 aliphatic rings. The number of para-hydroxylation sites is 1. The molecule has 0 saturated carbocycles. The smallest absolute Gasteiger partial charge is 0.266 e. The minimum absolute atomic E-state index is 0.0322. The molecule has 4 aromatic rings. The van der Waals surface area contributed by atoms with Crippen molar-refractivity contribution in [1.82, 2.24) is 14.7 Å². The molecule has 0 radical (unpaired) electrons. The normalized spacial score (nSPS) is 15.0. The van der Waals surface area contributed by atoms with Crippen LogP contribution in [0.25, 0.3) is 23.0 Å². The van der Waals surface area contributed by atoms with Crippen LogP contribution in [0.4, 0.5) is 0 Å². The lowest BCUT2D eigenvalue weighted by Gasteiger charge is -2.21. The number of carbonyl (C=O) groups excluding carboxylic acids is 1. The first kappa shape index (κ1) is 30.1. The van der Waals surface area contributed by atoms with Crippen molar-refractivity contribution in [3.05, 3.63) is 106 Å². The van der Waals surface area contributed by atoms with Gasteiger partial charge in [-0.3, -0.25) is 9.69 Å². The first-order valence-corrected chi connectivity index (χ1v) is 15.9. The fourth-order valence-corrected chi connectivity index (χ4v) is 6.37. The number of halogens is 1. The van der Waals surface area contributed by atoms with Gasteiger partial charge >= 0.3 is 0 Å². The van der Waals surface area contributed by atoms with Gasteiger partial charge in [-0.25, -0.2) is 4.68 Å². The molecule has 8 heteroatoms. The Kier molecular flexibility index (Phi) is 10.2. The number of carbonyl (C=O) groups is 1. The monoisotopic (exact) mass is 615 g/mol. The number of thiocarbonyl (C=S) groups is 1. The molecule has 3 aromatic carbocycles. The topological polar surface area (TPSA) is 47.4 Å². The summed E-state index contributed by atoms with van der Waals surface area (Å²) in [6.07, 6.45) is 8.32. The lowest BCUT2D eigenvalue weighted by molar-refractivity contribution is -0.122. The van der Waals surface area contributed by atoms with E-state index in [-0.39, 0.29) is 5.91 Å². The van der Waals surface area contributed by atoms with E-state index in [1.165, 1.54) is 11.8 Å². The number of ether oxygens (including phenoxy) is 1. The molecule has 216 valence electrons. The molecular formula is C34H34ClN3O2S2. The molecule has 1 fully saturated rings. The third kappa shape index (κ3) is 7.14. The Morgan fingerprint density at radius 3 is 2.60 bits per heavy atom. The summed E-state index contributed by atoms with van der Waals surface area (Å²) >= 11 is 13.4. The maximum Gasteiger partial charge on any atom is 0.266 e. The average molecular weight is 616 g/mol. The van der Waals surface area contributed by atoms with Crippen LogP contribution in [0.1, 0.15) is 50.7 Å². The molecule has 42 heavy (non-hydrogen) atoms. The number of benzene rings is 3. The van der Waals surface area contributed by atoms with Crippen LogP contribution in [0.3, 0.4) is 0 Å². The highest BCUT2D eigenvalue weighted by molar-refractivity contribution is 8.26. The number of unbranched alkanes of at least 4 members (excludes halogenated alkanes) is 1. The molecule has 5 rings (SSSR count). The van der Waals surface area contributed by atoms with Crippen LogP contribution < -0.4 is 4.74 Å². The zero-order chi connectivity index (χ0) is 29.5. The van der Waals surface area contributed by atoms with Gasteiger partial charge < -0.3 is 4.74 Å². The van der Waals surface area contributed by atoms with E-state index in [2.05, 4.69) is 13.8 Å². The van der Waals surface area contributed by atoms with Crippen molar-refractivity contribution >= 4 is 51.9 Å². The summed E-state index contributed by atoms with van der Waals surface area (Å²) in [7, 11) is 0. The second-order valence-electron chi connectivity index (χ2n) is 10.3. The lowest BCUT2D eigenvalue weighted by Crippen LogP contribution is -2.33. The van der Waals surface area contributed by atoms with Crippen molar-refractivity contribution in [2.24, 2.45) is 5.92 Å². The number of rotatable bonds is 12. The molecule has 1 aromatic heterocycles. The van der Waals surface area contributed by atoms with Crippen LogP contribution in [0, 0.1) is 5.92 Å². The molecule has 1 saturated heterocycles. The Morgan fingerprint density at radius 1 is 1.05 bits per heavy atom. The van der Waals surface area contributed by atoms with Crippen molar-refractivity contribution in [2.45, 2.75) is 46.1 Å². The van der Waals surface area contributed by atoms with Crippen molar-refractivity contribution < 1.29 is 9.53 Å². The van der Waals surface area contributed by atoms with Gasteiger partial charge in [-0.2, -0.15) is 5.10 Å². The molecular weight excluding hydrogens is 582 g/mol. The van der Waals surface area contributed by atoms with Gasteiger partial charge in [-0.15, -0.1) is 0 Å². The molecule has 5 nitrogen and oxygen atoms in total. The van der Waals surface area contributed by atoms with Gasteiger partial charge in [0.15, 0.2) is 0 Å². The largest absolute Gasteiger partial charge is 0.489 e. The molecule has 0 aliphatic carbocycles.